The van der Waals surface area contributed by atoms with Crippen molar-refractivity contribution in [3.63, 3.8) is 0 Å². The van der Waals surface area contributed by atoms with Crippen LogP contribution in [0, 0.1) is 5.92 Å². The normalized spacial score (nSPS) is 22.3. The lowest BCUT2D eigenvalue weighted by atomic mass is 10.0. The number of carbonyl (C=O) groups is 1. The highest BCUT2D eigenvalue weighted by molar-refractivity contribution is 9.10. The predicted octanol–water partition coefficient (Wildman–Crippen LogP) is 2.64. The molecule has 18 heavy (non-hydrogen) atoms. The van der Waals surface area contributed by atoms with Crippen molar-refractivity contribution in [3.05, 3.63) is 22.7 Å². The van der Waals surface area contributed by atoms with Gasteiger partial charge in [-0.3, -0.25) is 4.79 Å². The van der Waals surface area contributed by atoms with Crippen LogP contribution >= 0.6 is 28.3 Å². The Hall–Kier alpha value is -0.780. The molecule has 2 unspecified atom stereocenters. The number of rotatable bonds is 2. The van der Waals surface area contributed by atoms with E-state index in [1.165, 1.54) is 6.07 Å². The van der Waals surface area contributed by atoms with Crippen molar-refractivity contribution < 1.29 is 9.90 Å². The Bertz CT molecular complexity index is 442. The molecule has 1 fully saturated rings. The first kappa shape index (κ1) is 15.3. The van der Waals surface area contributed by atoms with E-state index in [-0.39, 0.29) is 36.0 Å². The van der Waals surface area contributed by atoms with Crippen LogP contribution in [0.4, 0.5) is 5.69 Å². The number of amides is 1. The second kappa shape index (κ2) is 6.41. The van der Waals surface area contributed by atoms with Gasteiger partial charge in [0.15, 0.2) is 0 Å². The van der Waals surface area contributed by atoms with Crippen LogP contribution < -0.4 is 11.1 Å². The molecule has 0 saturated heterocycles. The van der Waals surface area contributed by atoms with Gasteiger partial charge in [0.1, 0.15) is 5.75 Å². The molecule has 1 aromatic carbocycles. The fraction of sp³-hybridized carbons (Fsp3) is 0.417. The molecular formula is C12H16BrClN2O2. The minimum atomic E-state index is -0.145. The van der Waals surface area contributed by atoms with E-state index in [1.54, 1.807) is 12.1 Å². The summed E-state index contributed by atoms with van der Waals surface area (Å²) in [5.74, 6) is -0.190. The van der Waals surface area contributed by atoms with Crippen LogP contribution in [0.15, 0.2) is 22.7 Å². The zero-order chi connectivity index (χ0) is 12.4. The Balaban J connectivity index is 0.00000162. The summed E-state index contributed by atoms with van der Waals surface area (Å²) in [5.41, 5.74) is 6.29. The minimum absolute atomic E-state index is 0. The monoisotopic (exact) mass is 334 g/mol. The molecular weight excluding hydrogens is 320 g/mol. The van der Waals surface area contributed by atoms with Crippen molar-refractivity contribution >= 4 is 39.9 Å². The van der Waals surface area contributed by atoms with Crippen molar-refractivity contribution in [1.29, 1.82) is 0 Å². The van der Waals surface area contributed by atoms with Gasteiger partial charge in [-0.25, -0.2) is 0 Å². The Labute approximate surface area is 120 Å². The highest BCUT2D eigenvalue weighted by Crippen LogP contribution is 2.30. The van der Waals surface area contributed by atoms with Crippen LogP contribution in [0.1, 0.15) is 19.3 Å². The third-order valence-electron chi connectivity index (χ3n) is 3.12. The Kier molecular flexibility index (Phi) is 5.44. The van der Waals surface area contributed by atoms with Crippen LogP contribution in [0.25, 0.3) is 0 Å². The van der Waals surface area contributed by atoms with Crippen molar-refractivity contribution in [3.8, 4) is 5.75 Å². The molecule has 1 aromatic rings. The summed E-state index contributed by atoms with van der Waals surface area (Å²) in [6, 6.07) is 4.86. The first-order chi connectivity index (χ1) is 8.08. The van der Waals surface area contributed by atoms with Crippen LogP contribution in [0.3, 0.4) is 0 Å². The molecule has 100 valence electrons. The van der Waals surface area contributed by atoms with Gasteiger partial charge in [0.2, 0.25) is 5.91 Å². The zero-order valence-corrected chi connectivity index (χ0v) is 12.1. The van der Waals surface area contributed by atoms with E-state index in [0.29, 0.717) is 5.69 Å². The number of phenols is 1. The summed E-state index contributed by atoms with van der Waals surface area (Å²) >= 11 is 3.29. The van der Waals surface area contributed by atoms with Crippen molar-refractivity contribution in [2.75, 3.05) is 5.32 Å². The fourth-order valence-electron chi connectivity index (χ4n) is 2.15. The minimum Gasteiger partial charge on any atom is -0.506 e. The number of aromatic hydroxyl groups is 1. The van der Waals surface area contributed by atoms with Crippen LogP contribution in [-0.2, 0) is 4.79 Å². The molecule has 1 aliphatic rings. The maximum atomic E-state index is 12.0. The van der Waals surface area contributed by atoms with E-state index in [1.807, 2.05) is 0 Å². The lowest BCUT2D eigenvalue weighted by Gasteiger charge is -2.15. The first-order valence-electron chi connectivity index (χ1n) is 5.63. The van der Waals surface area contributed by atoms with Crippen molar-refractivity contribution in [2.24, 2.45) is 11.7 Å². The molecule has 0 aliphatic heterocycles. The average Bonchev–Trinajstić information content (AvgIpc) is 2.70. The second-order valence-corrected chi connectivity index (χ2v) is 5.27. The molecule has 4 N–H and O–H groups in total. The van der Waals surface area contributed by atoms with E-state index >= 15 is 0 Å². The summed E-state index contributed by atoms with van der Waals surface area (Å²) in [6.45, 7) is 0. The van der Waals surface area contributed by atoms with Crippen molar-refractivity contribution in [2.45, 2.75) is 25.3 Å². The molecule has 0 aromatic heterocycles. The number of halogens is 2. The highest BCUT2D eigenvalue weighted by Gasteiger charge is 2.30. The molecule has 4 nitrogen and oxygen atoms in total. The Morgan fingerprint density at radius 3 is 2.78 bits per heavy atom. The topological polar surface area (TPSA) is 75.4 Å². The molecule has 0 spiro atoms. The number of phenolic OH excluding ortho intramolecular Hbond substituents is 1. The molecule has 2 rings (SSSR count). The van der Waals surface area contributed by atoms with E-state index < -0.39 is 0 Å². The van der Waals surface area contributed by atoms with Gasteiger partial charge in [0.25, 0.3) is 0 Å². The number of anilines is 1. The van der Waals surface area contributed by atoms with E-state index in [4.69, 9.17) is 5.73 Å². The van der Waals surface area contributed by atoms with Crippen molar-refractivity contribution in [1.82, 2.24) is 0 Å². The molecule has 0 bridgehead atoms. The number of benzene rings is 1. The number of nitrogens with two attached hydrogens (primary N) is 1. The predicted molar refractivity (Wildman–Crippen MR) is 77.0 cm³/mol. The quantitative estimate of drug-likeness (QED) is 0.727. The van der Waals surface area contributed by atoms with Crippen LogP contribution in [-0.4, -0.2) is 17.1 Å². The summed E-state index contributed by atoms with van der Waals surface area (Å²) in [4.78, 5) is 12.0. The van der Waals surface area contributed by atoms with E-state index in [9.17, 15) is 9.90 Å². The van der Waals surface area contributed by atoms with E-state index in [0.717, 1.165) is 23.7 Å². The molecule has 0 heterocycles. The zero-order valence-electron chi connectivity index (χ0n) is 9.73. The molecule has 6 heteroatoms. The number of nitrogens with one attached hydrogen (secondary N) is 1. The second-order valence-electron chi connectivity index (χ2n) is 4.35. The largest absolute Gasteiger partial charge is 0.506 e. The number of hydrogen-bond donors (Lipinski definition) is 3. The summed E-state index contributed by atoms with van der Waals surface area (Å²) in [7, 11) is 0. The highest BCUT2D eigenvalue weighted by atomic mass is 79.9. The third-order valence-corrected chi connectivity index (χ3v) is 3.62. The van der Waals surface area contributed by atoms with Gasteiger partial charge in [-0.05, 0) is 31.0 Å². The standard InChI is InChI=1S/C12H15BrN2O2.ClH/c13-7-4-5-11(16)10(6-7)15-12(17)8-2-1-3-9(8)14;/h4-6,8-9,16H,1-3,14H2,(H,15,17);1H. The number of carbonyl (C=O) groups excluding carboxylic acids is 1. The Morgan fingerprint density at radius 2 is 2.17 bits per heavy atom. The molecule has 1 amide bonds. The molecule has 0 radical (unpaired) electrons. The van der Waals surface area contributed by atoms with Gasteiger partial charge in [0, 0.05) is 10.5 Å². The van der Waals surface area contributed by atoms with Gasteiger partial charge in [-0.1, -0.05) is 22.4 Å². The average molecular weight is 336 g/mol. The molecule has 2 atom stereocenters. The lowest BCUT2D eigenvalue weighted by molar-refractivity contribution is -0.120. The summed E-state index contributed by atoms with van der Waals surface area (Å²) < 4.78 is 0.807. The van der Waals surface area contributed by atoms with Crippen LogP contribution in [0.2, 0.25) is 0 Å². The van der Waals surface area contributed by atoms with Gasteiger partial charge in [-0.2, -0.15) is 0 Å². The Morgan fingerprint density at radius 1 is 1.44 bits per heavy atom. The molecule has 1 aliphatic carbocycles. The SMILES string of the molecule is Cl.NC1CCCC1C(=O)Nc1cc(Br)ccc1O. The summed E-state index contributed by atoms with van der Waals surface area (Å²) in [5, 5.41) is 12.4. The first-order valence-corrected chi connectivity index (χ1v) is 6.42. The van der Waals surface area contributed by atoms with Gasteiger partial charge in [0.05, 0.1) is 11.6 Å². The number of hydrogen-bond acceptors (Lipinski definition) is 3. The summed E-state index contributed by atoms with van der Waals surface area (Å²) in [6.07, 6.45) is 2.70. The fourth-order valence-corrected chi connectivity index (χ4v) is 2.51. The molecule has 1 saturated carbocycles. The maximum Gasteiger partial charge on any atom is 0.229 e. The van der Waals surface area contributed by atoms with Gasteiger partial charge in [-0.15, -0.1) is 12.4 Å². The lowest BCUT2D eigenvalue weighted by Crippen LogP contribution is -2.34. The van der Waals surface area contributed by atoms with E-state index in [2.05, 4.69) is 21.2 Å². The van der Waals surface area contributed by atoms with Crippen LogP contribution in [0.5, 0.6) is 5.75 Å². The van der Waals surface area contributed by atoms with Gasteiger partial charge < -0.3 is 16.2 Å². The van der Waals surface area contributed by atoms with Gasteiger partial charge >= 0.3 is 0 Å². The third kappa shape index (κ3) is 3.37. The maximum absolute atomic E-state index is 12.0. The smallest absolute Gasteiger partial charge is 0.229 e.